The summed E-state index contributed by atoms with van der Waals surface area (Å²) in [7, 11) is 0. The largest absolute Gasteiger partial charge is 0.266 e. The summed E-state index contributed by atoms with van der Waals surface area (Å²) in [5.41, 5.74) is 9.55. The molecule has 0 saturated heterocycles. The van der Waals surface area contributed by atoms with E-state index in [0.29, 0.717) is 5.92 Å². The third-order valence-electron chi connectivity index (χ3n) is 4.19. The van der Waals surface area contributed by atoms with E-state index in [0.717, 1.165) is 22.6 Å². The van der Waals surface area contributed by atoms with Crippen molar-refractivity contribution in [3.05, 3.63) is 70.8 Å². The van der Waals surface area contributed by atoms with Crippen LogP contribution in [-0.2, 0) is 0 Å². The van der Waals surface area contributed by atoms with Gasteiger partial charge in [-0.05, 0) is 36.8 Å². The molecular weight excluding hydrogens is 332 g/mol. The van der Waals surface area contributed by atoms with E-state index in [9.17, 15) is 0 Å². The van der Waals surface area contributed by atoms with Gasteiger partial charge < -0.3 is 0 Å². The van der Waals surface area contributed by atoms with Crippen LogP contribution in [0.15, 0.2) is 63.8 Å². The van der Waals surface area contributed by atoms with Gasteiger partial charge in [0, 0.05) is 0 Å². The van der Waals surface area contributed by atoms with Gasteiger partial charge in [0.05, 0.1) is 11.4 Å². The minimum atomic E-state index is 0.283. The number of rotatable bonds is 7. The quantitative estimate of drug-likeness (QED) is 0.403. The van der Waals surface area contributed by atoms with Crippen LogP contribution in [0, 0.1) is 25.7 Å². The first-order valence-corrected chi connectivity index (χ1v) is 9.45. The fourth-order valence-corrected chi connectivity index (χ4v) is 2.86. The Hall–Kier alpha value is -2.75. The highest BCUT2D eigenvalue weighted by Gasteiger charge is 2.09. The molecule has 0 saturated carbocycles. The fourth-order valence-electron chi connectivity index (χ4n) is 2.86. The molecule has 142 valence electrons. The summed E-state index contributed by atoms with van der Waals surface area (Å²) < 4.78 is 0. The summed E-state index contributed by atoms with van der Waals surface area (Å²) in [5.74, 6) is 0.584. The second-order valence-electron chi connectivity index (χ2n) is 7.40. The van der Waals surface area contributed by atoms with E-state index >= 15 is 0 Å². The average molecular weight is 363 g/mol. The van der Waals surface area contributed by atoms with Crippen molar-refractivity contribution in [1.29, 1.82) is 0 Å². The molecule has 4 heteroatoms. The molecule has 2 aromatic rings. The van der Waals surface area contributed by atoms with Gasteiger partial charge in [-0.15, -0.1) is 5.10 Å². The van der Waals surface area contributed by atoms with E-state index in [1.807, 2.05) is 6.07 Å². The van der Waals surface area contributed by atoms with Gasteiger partial charge in [-0.1, -0.05) is 87.4 Å². The minimum absolute atomic E-state index is 0.283. The highest BCUT2D eigenvalue weighted by molar-refractivity contribution is 6.02. The molecule has 2 aromatic carbocycles. The lowest BCUT2D eigenvalue weighted by atomic mass is 9.99. The molecule has 4 nitrogen and oxygen atoms in total. The van der Waals surface area contributed by atoms with E-state index < -0.39 is 0 Å². The molecule has 0 aliphatic carbocycles. The second kappa shape index (κ2) is 9.81. The van der Waals surface area contributed by atoms with Crippen LogP contribution in [-0.4, -0.2) is 17.8 Å². The first-order valence-electron chi connectivity index (χ1n) is 9.45. The van der Waals surface area contributed by atoms with Crippen molar-refractivity contribution in [2.24, 2.45) is 27.1 Å². The standard InChI is InChI=1S/C23H30N4/c1-16(2)22(20-11-7-9-18(5)13-20)26-24-15-25-27-23(17(3)4)21-12-8-10-19(6)14-21/h7-17H,1-6H3,(H,24,25). The summed E-state index contributed by atoms with van der Waals surface area (Å²) >= 11 is 0. The predicted octanol–water partition coefficient (Wildman–Crippen LogP) is 5.34. The summed E-state index contributed by atoms with van der Waals surface area (Å²) in [6, 6.07) is 16.7. The molecular formula is C23H30N4. The van der Waals surface area contributed by atoms with E-state index in [4.69, 9.17) is 0 Å². The Balaban J connectivity index is 2.16. The third kappa shape index (κ3) is 6.17. The van der Waals surface area contributed by atoms with Crippen LogP contribution < -0.4 is 5.43 Å². The Labute approximate surface area is 163 Å². The van der Waals surface area contributed by atoms with Gasteiger partial charge in [-0.2, -0.15) is 10.2 Å². The SMILES string of the molecule is Cc1cccc(C(=NN=CNN=C(c2cccc(C)c2)C(C)C)C(C)C)c1. The second-order valence-corrected chi connectivity index (χ2v) is 7.40. The van der Waals surface area contributed by atoms with Crippen molar-refractivity contribution in [3.63, 3.8) is 0 Å². The van der Waals surface area contributed by atoms with Crippen LogP contribution >= 0.6 is 0 Å². The lowest BCUT2D eigenvalue weighted by Gasteiger charge is -2.11. The van der Waals surface area contributed by atoms with Gasteiger partial charge in [0.1, 0.15) is 6.34 Å². The smallest absolute Gasteiger partial charge is 0.131 e. The summed E-state index contributed by atoms with van der Waals surface area (Å²) in [6.45, 7) is 12.7. The first-order chi connectivity index (χ1) is 12.9. The molecule has 0 radical (unpaired) electrons. The van der Waals surface area contributed by atoms with Crippen LogP contribution in [0.25, 0.3) is 0 Å². The Morgan fingerprint density at radius 3 is 1.81 bits per heavy atom. The maximum Gasteiger partial charge on any atom is 0.131 e. The van der Waals surface area contributed by atoms with Crippen molar-refractivity contribution in [2.75, 3.05) is 0 Å². The zero-order valence-electron chi connectivity index (χ0n) is 17.2. The average Bonchev–Trinajstić information content (AvgIpc) is 2.60. The molecule has 1 N–H and O–H groups in total. The van der Waals surface area contributed by atoms with Crippen molar-refractivity contribution < 1.29 is 0 Å². The normalized spacial score (nSPS) is 13.0. The highest BCUT2D eigenvalue weighted by Crippen LogP contribution is 2.13. The monoisotopic (exact) mass is 362 g/mol. The Morgan fingerprint density at radius 2 is 1.33 bits per heavy atom. The number of hydrogen-bond acceptors (Lipinski definition) is 3. The van der Waals surface area contributed by atoms with Gasteiger partial charge in [0.25, 0.3) is 0 Å². The molecule has 0 fully saturated rings. The number of hydrazone groups is 1. The molecule has 0 amide bonds. The number of nitrogens with one attached hydrogen (secondary N) is 1. The molecule has 0 unspecified atom stereocenters. The van der Waals surface area contributed by atoms with Crippen LogP contribution in [0.4, 0.5) is 0 Å². The molecule has 0 aliphatic rings. The summed E-state index contributed by atoms with van der Waals surface area (Å²) in [5, 5.41) is 13.1. The van der Waals surface area contributed by atoms with Crippen LogP contribution in [0.3, 0.4) is 0 Å². The van der Waals surface area contributed by atoms with Crippen molar-refractivity contribution in [2.45, 2.75) is 41.5 Å². The molecule has 2 rings (SSSR count). The van der Waals surface area contributed by atoms with Gasteiger partial charge in [-0.25, -0.2) is 0 Å². The molecule has 0 atom stereocenters. The van der Waals surface area contributed by atoms with Crippen molar-refractivity contribution in [3.8, 4) is 0 Å². The minimum Gasteiger partial charge on any atom is -0.266 e. The lowest BCUT2D eigenvalue weighted by Crippen LogP contribution is -2.15. The first kappa shape index (κ1) is 20.6. The Bertz CT molecular complexity index is 845. The number of benzene rings is 2. The zero-order valence-corrected chi connectivity index (χ0v) is 17.2. The highest BCUT2D eigenvalue weighted by atomic mass is 15.3. The van der Waals surface area contributed by atoms with E-state index in [2.05, 4.69) is 105 Å². The molecule has 27 heavy (non-hydrogen) atoms. The number of nitrogens with zero attached hydrogens (tertiary/aromatic N) is 3. The van der Waals surface area contributed by atoms with Gasteiger partial charge >= 0.3 is 0 Å². The number of aryl methyl sites for hydroxylation is 2. The topological polar surface area (TPSA) is 49.1 Å². The molecule has 0 spiro atoms. The Kier molecular flexibility index (Phi) is 7.47. The van der Waals surface area contributed by atoms with E-state index in [-0.39, 0.29) is 5.92 Å². The molecule has 0 aromatic heterocycles. The van der Waals surface area contributed by atoms with Crippen LogP contribution in [0.1, 0.15) is 49.9 Å². The maximum atomic E-state index is 4.51. The Morgan fingerprint density at radius 1 is 0.815 bits per heavy atom. The maximum absolute atomic E-state index is 4.51. The van der Waals surface area contributed by atoms with E-state index in [1.54, 1.807) is 0 Å². The van der Waals surface area contributed by atoms with Gasteiger partial charge in [0.2, 0.25) is 0 Å². The van der Waals surface area contributed by atoms with Crippen LogP contribution in [0.2, 0.25) is 0 Å². The van der Waals surface area contributed by atoms with Gasteiger partial charge in [-0.3, -0.25) is 5.43 Å². The predicted molar refractivity (Wildman–Crippen MR) is 117 cm³/mol. The zero-order chi connectivity index (χ0) is 19.8. The fraction of sp³-hybridized carbons (Fsp3) is 0.348. The van der Waals surface area contributed by atoms with E-state index in [1.165, 1.54) is 17.5 Å². The summed E-state index contributed by atoms with van der Waals surface area (Å²) in [6.07, 6.45) is 1.54. The lowest BCUT2D eigenvalue weighted by molar-refractivity contribution is 0.859. The molecule has 0 aliphatic heterocycles. The molecule has 0 heterocycles. The third-order valence-corrected chi connectivity index (χ3v) is 4.19. The summed E-state index contributed by atoms with van der Waals surface area (Å²) in [4.78, 5) is 0. The van der Waals surface area contributed by atoms with Crippen molar-refractivity contribution >= 4 is 17.8 Å². The number of hydrogen-bond donors (Lipinski definition) is 1. The van der Waals surface area contributed by atoms with Crippen molar-refractivity contribution in [1.82, 2.24) is 5.43 Å². The van der Waals surface area contributed by atoms with Gasteiger partial charge in [0.15, 0.2) is 0 Å². The van der Waals surface area contributed by atoms with Crippen LogP contribution in [0.5, 0.6) is 0 Å². The molecule has 0 bridgehead atoms.